The summed E-state index contributed by atoms with van der Waals surface area (Å²) < 4.78 is 6.34. The third-order valence-electron chi connectivity index (χ3n) is 4.90. The van der Waals surface area contributed by atoms with E-state index >= 15 is 0 Å². The second-order valence-corrected chi connectivity index (χ2v) is 9.53. The minimum absolute atomic E-state index is 0.00937. The SMILES string of the molecule is CC(C)(C)C(COC(N)=O)(C[C@@H](O)c1cccc(Cl)c1)Nc1ccc(I)cc1. The van der Waals surface area contributed by atoms with Crippen LogP contribution in [0.25, 0.3) is 0 Å². The van der Waals surface area contributed by atoms with Crippen molar-refractivity contribution in [2.75, 3.05) is 11.9 Å². The van der Waals surface area contributed by atoms with Gasteiger partial charge in [-0.25, -0.2) is 4.79 Å². The van der Waals surface area contributed by atoms with Crippen molar-refractivity contribution in [3.8, 4) is 0 Å². The van der Waals surface area contributed by atoms with E-state index in [1.807, 2.05) is 51.1 Å². The van der Waals surface area contributed by atoms with Crippen molar-refractivity contribution in [1.82, 2.24) is 0 Å². The van der Waals surface area contributed by atoms with Crippen LogP contribution in [0.1, 0.15) is 38.9 Å². The van der Waals surface area contributed by atoms with Gasteiger partial charge in [-0.15, -0.1) is 0 Å². The van der Waals surface area contributed by atoms with Gasteiger partial charge >= 0.3 is 6.09 Å². The van der Waals surface area contributed by atoms with Crippen LogP contribution in [0.15, 0.2) is 48.5 Å². The highest BCUT2D eigenvalue weighted by Gasteiger charge is 2.45. The maximum Gasteiger partial charge on any atom is 0.404 e. The highest BCUT2D eigenvalue weighted by Crippen LogP contribution is 2.41. The molecule has 0 spiro atoms. The van der Waals surface area contributed by atoms with Crippen molar-refractivity contribution in [1.29, 1.82) is 0 Å². The molecule has 0 saturated heterocycles. The Morgan fingerprint density at radius 1 is 1.25 bits per heavy atom. The number of amides is 1. The molecule has 5 nitrogen and oxygen atoms in total. The Bertz CT molecular complexity index is 808. The monoisotopic (exact) mass is 516 g/mol. The largest absolute Gasteiger partial charge is 0.447 e. The lowest BCUT2D eigenvalue weighted by Gasteiger charge is -2.46. The number of anilines is 1. The van der Waals surface area contributed by atoms with Crippen LogP contribution in [0.3, 0.4) is 0 Å². The van der Waals surface area contributed by atoms with Gasteiger partial charge in [0, 0.05) is 20.7 Å². The number of ether oxygens (including phenoxy) is 1. The molecule has 0 fully saturated rings. The van der Waals surface area contributed by atoms with Gasteiger partial charge in [-0.3, -0.25) is 0 Å². The lowest BCUT2D eigenvalue weighted by molar-refractivity contribution is 0.0404. The molecule has 0 heterocycles. The fourth-order valence-electron chi connectivity index (χ4n) is 3.02. The van der Waals surface area contributed by atoms with Gasteiger partial charge in [0.15, 0.2) is 0 Å². The second-order valence-electron chi connectivity index (χ2n) is 7.85. The van der Waals surface area contributed by atoms with Crippen LogP contribution in [0.4, 0.5) is 10.5 Å². The first-order chi connectivity index (χ1) is 13.0. The van der Waals surface area contributed by atoms with E-state index in [1.165, 1.54) is 0 Å². The molecule has 0 aliphatic carbocycles. The van der Waals surface area contributed by atoms with Gasteiger partial charge in [-0.1, -0.05) is 44.5 Å². The number of rotatable bonds is 7. The second kappa shape index (κ2) is 9.33. The van der Waals surface area contributed by atoms with E-state index in [4.69, 9.17) is 22.1 Å². The van der Waals surface area contributed by atoms with Crippen LogP contribution in [0.5, 0.6) is 0 Å². The molecule has 7 heteroatoms. The molecule has 1 amide bonds. The van der Waals surface area contributed by atoms with Gasteiger partial charge < -0.3 is 20.9 Å². The zero-order valence-corrected chi connectivity index (χ0v) is 19.1. The van der Waals surface area contributed by atoms with E-state index in [0.29, 0.717) is 10.6 Å². The van der Waals surface area contributed by atoms with Crippen molar-refractivity contribution in [2.45, 2.75) is 38.8 Å². The molecule has 0 bridgehead atoms. The number of nitrogens with one attached hydrogen (secondary N) is 1. The van der Waals surface area contributed by atoms with Crippen molar-refractivity contribution >= 4 is 46.0 Å². The molecule has 152 valence electrons. The van der Waals surface area contributed by atoms with E-state index in [0.717, 1.165) is 9.26 Å². The van der Waals surface area contributed by atoms with E-state index in [1.54, 1.807) is 18.2 Å². The predicted octanol–water partition coefficient (Wildman–Crippen LogP) is 5.36. The van der Waals surface area contributed by atoms with E-state index < -0.39 is 17.7 Å². The molecule has 4 N–H and O–H groups in total. The highest BCUT2D eigenvalue weighted by molar-refractivity contribution is 14.1. The van der Waals surface area contributed by atoms with Crippen molar-refractivity contribution in [3.63, 3.8) is 0 Å². The summed E-state index contributed by atoms with van der Waals surface area (Å²) >= 11 is 8.32. The number of hydrogen-bond donors (Lipinski definition) is 3. The Balaban J connectivity index is 2.41. The predicted molar refractivity (Wildman–Crippen MR) is 122 cm³/mol. The molecule has 2 atom stereocenters. The number of carbonyl (C=O) groups is 1. The van der Waals surface area contributed by atoms with Crippen LogP contribution >= 0.6 is 34.2 Å². The average Bonchev–Trinajstić information content (AvgIpc) is 2.60. The number of primary amides is 1. The quantitative estimate of drug-likeness (QED) is 0.433. The van der Waals surface area contributed by atoms with E-state index in [9.17, 15) is 9.90 Å². The first-order valence-corrected chi connectivity index (χ1v) is 10.4. The zero-order valence-electron chi connectivity index (χ0n) is 16.2. The molecule has 28 heavy (non-hydrogen) atoms. The molecule has 2 aromatic carbocycles. The lowest BCUT2D eigenvalue weighted by atomic mass is 9.70. The Hall–Kier alpha value is -1.51. The van der Waals surface area contributed by atoms with Gasteiger partial charge in [-0.05, 0) is 70.0 Å². The number of aliphatic hydroxyl groups is 1. The van der Waals surface area contributed by atoms with E-state index in [-0.39, 0.29) is 18.4 Å². The molecular weight excluding hydrogens is 491 g/mol. The normalized spacial score (nSPS) is 14.8. The van der Waals surface area contributed by atoms with Gasteiger partial charge in [0.1, 0.15) is 6.61 Å². The van der Waals surface area contributed by atoms with E-state index in [2.05, 4.69) is 27.9 Å². The Morgan fingerprint density at radius 3 is 2.43 bits per heavy atom. The Labute approximate surface area is 184 Å². The Morgan fingerprint density at radius 2 is 1.89 bits per heavy atom. The topological polar surface area (TPSA) is 84.6 Å². The van der Waals surface area contributed by atoms with Crippen LogP contribution in [-0.2, 0) is 4.74 Å². The summed E-state index contributed by atoms with van der Waals surface area (Å²) in [6.45, 7) is 6.10. The van der Waals surface area contributed by atoms with Crippen molar-refractivity contribution < 1.29 is 14.6 Å². The van der Waals surface area contributed by atoms with Crippen molar-refractivity contribution in [2.24, 2.45) is 11.1 Å². The summed E-state index contributed by atoms with van der Waals surface area (Å²) in [5, 5.41) is 15.0. The van der Waals surface area contributed by atoms with Gasteiger partial charge in [0.25, 0.3) is 0 Å². The molecule has 0 saturated carbocycles. The molecule has 0 aliphatic heterocycles. The third kappa shape index (κ3) is 5.99. The van der Waals surface area contributed by atoms with Crippen LogP contribution < -0.4 is 11.1 Å². The molecule has 0 radical (unpaired) electrons. The summed E-state index contributed by atoms with van der Waals surface area (Å²) in [4.78, 5) is 11.4. The minimum Gasteiger partial charge on any atom is -0.447 e. The smallest absolute Gasteiger partial charge is 0.404 e. The summed E-state index contributed by atoms with van der Waals surface area (Å²) in [6, 6.07) is 15.0. The first-order valence-electron chi connectivity index (χ1n) is 8.92. The summed E-state index contributed by atoms with van der Waals surface area (Å²) in [5.41, 5.74) is 5.64. The number of aliphatic hydroxyl groups excluding tert-OH is 1. The number of nitrogens with two attached hydrogens (primary N) is 1. The van der Waals surface area contributed by atoms with Gasteiger partial charge in [-0.2, -0.15) is 0 Å². The summed E-state index contributed by atoms with van der Waals surface area (Å²) in [5.74, 6) is 0. The number of halogens is 2. The van der Waals surface area contributed by atoms with Crippen molar-refractivity contribution in [3.05, 3.63) is 62.7 Å². The van der Waals surface area contributed by atoms with Gasteiger partial charge in [0.2, 0.25) is 0 Å². The molecule has 2 aromatic rings. The zero-order chi connectivity index (χ0) is 20.9. The summed E-state index contributed by atoms with van der Waals surface area (Å²) in [7, 11) is 0. The lowest BCUT2D eigenvalue weighted by Crippen LogP contribution is -2.55. The molecular formula is C21H26ClIN2O3. The van der Waals surface area contributed by atoms with Crippen LogP contribution in [-0.4, -0.2) is 23.3 Å². The Kier molecular flexibility index (Phi) is 7.59. The standard InChI is InChI=1S/C21H26ClIN2O3/c1-20(2,3)21(13-28-19(24)27,25-17-9-7-16(23)8-10-17)12-18(26)14-5-4-6-15(22)11-14/h4-11,18,25-26H,12-13H2,1-3H3,(H2,24,27)/t18-,21?/m1/s1. The highest BCUT2D eigenvalue weighted by atomic mass is 127. The van der Waals surface area contributed by atoms with Crippen LogP contribution in [0.2, 0.25) is 5.02 Å². The summed E-state index contributed by atoms with van der Waals surface area (Å²) in [6.07, 6.45) is -1.38. The maximum atomic E-state index is 11.4. The number of hydrogen-bond acceptors (Lipinski definition) is 4. The maximum absolute atomic E-state index is 11.4. The molecule has 0 aromatic heterocycles. The van der Waals surface area contributed by atoms with Crippen LogP contribution in [0, 0.1) is 8.99 Å². The molecule has 1 unspecified atom stereocenters. The van der Waals surface area contributed by atoms with Gasteiger partial charge in [0.05, 0.1) is 11.6 Å². The minimum atomic E-state index is -0.852. The fraction of sp³-hybridized carbons (Fsp3) is 0.381. The third-order valence-corrected chi connectivity index (χ3v) is 5.85. The average molecular weight is 517 g/mol. The molecule has 2 rings (SSSR count). The molecule has 0 aliphatic rings. The number of benzene rings is 2. The fourth-order valence-corrected chi connectivity index (χ4v) is 3.58. The number of carbonyl (C=O) groups excluding carboxylic acids is 1. The first kappa shape index (κ1) is 22.8.